The van der Waals surface area contributed by atoms with Gasteiger partial charge in [0.2, 0.25) is 0 Å². The summed E-state index contributed by atoms with van der Waals surface area (Å²) < 4.78 is 4.74. The van der Waals surface area contributed by atoms with Gasteiger partial charge < -0.3 is 0 Å². The van der Waals surface area contributed by atoms with Gasteiger partial charge in [0, 0.05) is 18.1 Å². The predicted octanol–water partition coefficient (Wildman–Crippen LogP) is 3.30. The van der Waals surface area contributed by atoms with Crippen LogP contribution < -0.4 is 11.2 Å². The Morgan fingerprint density at radius 1 is 0.839 bits per heavy atom. The third kappa shape index (κ3) is 2.81. The fourth-order valence-corrected chi connectivity index (χ4v) is 3.90. The van der Waals surface area contributed by atoms with Gasteiger partial charge in [-0.25, -0.2) is 9.48 Å². The van der Waals surface area contributed by atoms with Crippen LogP contribution in [0.15, 0.2) is 64.2 Å². The Morgan fingerprint density at radius 2 is 1.58 bits per heavy atom. The van der Waals surface area contributed by atoms with Gasteiger partial charge in [-0.2, -0.15) is 10.1 Å². The van der Waals surface area contributed by atoms with Gasteiger partial charge in [-0.05, 0) is 62.2 Å². The first kappa shape index (κ1) is 19.0. The van der Waals surface area contributed by atoms with Crippen LogP contribution in [0, 0.1) is 20.8 Å². The molecule has 0 spiro atoms. The first-order valence-electron chi connectivity index (χ1n) is 10.0. The van der Waals surface area contributed by atoms with E-state index in [4.69, 9.17) is 5.10 Å². The Balaban J connectivity index is 2.04. The van der Waals surface area contributed by atoms with Gasteiger partial charge in [0.25, 0.3) is 5.56 Å². The van der Waals surface area contributed by atoms with Crippen LogP contribution in [-0.4, -0.2) is 23.9 Å². The van der Waals surface area contributed by atoms with Gasteiger partial charge in [0.1, 0.15) is 5.65 Å². The molecule has 0 amide bonds. The van der Waals surface area contributed by atoms with E-state index in [1.54, 1.807) is 6.07 Å². The first-order valence-corrected chi connectivity index (χ1v) is 10.0. The fourth-order valence-electron chi connectivity index (χ4n) is 3.90. The SMILES string of the molecule is Cc1ccc(-n2c3nc(=O)n(C)c(=O)c-3cc3c(C)nn(-c4ccccc4)c32)cc1C. The number of rotatable bonds is 2. The minimum Gasteiger partial charge on any atom is -0.278 e. The molecular formula is C24H21N5O2. The highest BCUT2D eigenvalue weighted by Crippen LogP contribution is 2.31. The Morgan fingerprint density at radius 3 is 2.29 bits per heavy atom. The molecule has 0 bridgehead atoms. The second-order valence-corrected chi connectivity index (χ2v) is 7.81. The molecule has 0 radical (unpaired) electrons. The zero-order valence-electron chi connectivity index (χ0n) is 17.7. The highest BCUT2D eigenvalue weighted by molar-refractivity contribution is 5.88. The van der Waals surface area contributed by atoms with Gasteiger partial charge >= 0.3 is 5.69 Å². The van der Waals surface area contributed by atoms with Crippen molar-refractivity contribution in [3.8, 4) is 22.8 Å². The van der Waals surface area contributed by atoms with Crippen molar-refractivity contribution in [2.75, 3.05) is 0 Å². The van der Waals surface area contributed by atoms with Gasteiger partial charge in [-0.1, -0.05) is 24.3 Å². The van der Waals surface area contributed by atoms with Gasteiger partial charge in [-0.3, -0.25) is 13.9 Å². The van der Waals surface area contributed by atoms with Crippen molar-refractivity contribution in [2.24, 2.45) is 7.05 Å². The lowest BCUT2D eigenvalue weighted by atomic mass is 10.1. The van der Waals surface area contributed by atoms with E-state index in [-0.39, 0.29) is 5.56 Å². The van der Waals surface area contributed by atoms with Gasteiger partial charge in [0.05, 0.1) is 16.9 Å². The summed E-state index contributed by atoms with van der Waals surface area (Å²) in [7, 11) is 1.45. The van der Waals surface area contributed by atoms with Crippen molar-refractivity contribution in [2.45, 2.75) is 20.8 Å². The monoisotopic (exact) mass is 411 g/mol. The minimum absolute atomic E-state index is 0.320. The highest BCUT2D eigenvalue weighted by Gasteiger charge is 2.24. The summed E-state index contributed by atoms with van der Waals surface area (Å²) in [5.41, 5.74) is 4.90. The van der Waals surface area contributed by atoms with Crippen molar-refractivity contribution < 1.29 is 0 Å². The van der Waals surface area contributed by atoms with E-state index in [2.05, 4.69) is 4.98 Å². The lowest BCUT2D eigenvalue weighted by Gasteiger charge is -2.19. The van der Waals surface area contributed by atoms with Crippen LogP contribution >= 0.6 is 0 Å². The van der Waals surface area contributed by atoms with Crippen LogP contribution in [0.2, 0.25) is 0 Å². The highest BCUT2D eigenvalue weighted by atomic mass is 16.2. The number of para-hydroxylation sites is 1. The molecule has 7 heteroatoms. The molecule has 2 aromatic carbocycles. The predicted molar refractivity (Wildman–Crippen MR) is 121 cm³/mol. The molecule has 2 aliphatic rings. The molecular weight excluding hydrogens is 390 g/mol. The summed E-state index contributed by atoms with van der Waals surface area (Å²) in [6, 6.07) is 17.6. The Kier molecular flexibility index (Phi) is 4.15. The summed E-state index contributed by atoms with van der Waals surface area (Å²) in [5, 5.41) is 5.59. The number of benzene rings is 2. The van der Waals surface area contributed by atoms with E-state index in [0.717, 1.165) is 43.8 Å². The number of hydrogen-bond donors (Lipinski definition) is 0. The molecule has 3 aromatic rings. The van der Waals surface area contributed by atoms with Gasteiger partial charge in [-0.15, -0.1) is 0 Å². The second kappa shape index (κ2) is 6.77. The summed E-state index contributed by atoms with van der Waals surface area (Å²) in [6.07, 6.45) is 0. The Hall–Kier alpha value is -4.00. The summed E-state index contributed by atoms with van der Waals surface area (Å²) >= 11 is 0. The number of hydrogen-bond acceptors (Lipinski definition) is 4. The van der Waals surface area contributed by atoms with E-state index in [0.29, 0.717) is 11.4 Å². The third-order valence-electron chi connectivity index (χ3n) is 5.81. The Bertz CT molecular complexity index is 1560. The molecule has 0 aliphatic carbocycles. The number of aryl methyl sites for hydroxylation is 3. The lowest BCUT2D eigenvalue weighted by Crippen LogP contribution is -2.35. The third-order valence-corrected chi connectivity index (χ3v) is 5.81. The molecule has 154 valence electrons. The van der Waals surface area contributed by atoms with Crippen molar-refractivity contribution in [3.05, 3.63) is 92.3 Å². The molecule has 3 heterocycles. The van der Waals surface area contributed by atoms with Crippen molar-refractivity contribution >= 4 is 11.0 Å². The number of fused-ring (bicyclic) bond motifs is 2. The molecule has 2 aliphatic heterocycles. The molecule has 5 rings (SSSR count). The average molecular weight is 411 g/mol. The summed E-state index contributed by atoms with van der Waals surface area (Å²) in [6.45, 7) is 6.00. The average Bonchev–Trinajstić information content (AvgIpc) is 3.10. The topological polar surface area (TPSA) is 74.7 Å². The molecule has 0 atom stereocenters. The molecule has 1 aromatic heterocycles. The zero-order chi connectivity index (χ0) is 21.9. The lowest BCUT2D eigenvalue weighted by molar-refractivity contribution is 0.763. The second-order valence-electron chi connectivity index (χ2n) is 7.81. The summed E-state index contributed by atoms with van der Waals surface area (Å²) in [4.78, 5) is 29.7. The maximum Gasteiger partial charge on any atom is 0.352 e. The molecule has 7 nitrogen and oxygen atoms in total. The normalized spacial score (nSPS) is 11.5. The van der Waals surface area contributed by atoms with Gasteiger partial charge in [0.15, 0.2) is 5.82 Å². The fraction of sp³-hybridized carbons (Fsp3) is 0.167. The van der Waals surface area contributed by atoms with E-state index < -0.39 is 5.69 Å². The molecule has 0 unspecified atom stereocenters. The number of aromatic nitrogens is 5. The molecule has 0 fully saturated rings. The largest absolute Gasteiger partial charge is 0.352 e. The molecule has 31 heavy (non-hydrogen) atoms. The summed E-state index contributed by atoms with van der Waals surface area (Å²) in [5.74, 6) is 0.320. The van der Waals surface area contributed by atoms with Crippen molar-refractivity contribution in [3.63, 3.8) is 0 Å². The van der Waals surface area contributed by atoms with Crippen LogP contribution in [0.25, 0.3) is 33.8 Å². The van der Waals surface area contributed by atoms with E-state index in [1.807, 2.05) is 78.6 Å². The van der Waals surface area contributed by atoms with Crippen molar-refractivity contribution in [1.82, 2.24) is 23.9 Å². The molecule has 0 N–H and O–H groups in total. The van der Waals surface area contributed by atoms with Crippen LogP contribution in [0.1, 0.15) is 16.8 Å². The smallest absolute Gasteiger partial charge is 0.278 e. The number of nitrogens with zero attached hydrogens (tertiary/aromatic N) is 5. The molecule has 0 saturated carbocycles. The molecule has 0 saturated heterocycles. The zero-order valence-corrected chi connectivity index (χ0v) is 17.7. The van der Waals surface area contributed by atoms with Crippen LogP contribution in [0.5, 0.6) is 0 Å². The van der Waals surface area contributed by atoms with Crippen LogP contribution in [0.4, 0.5) is 0 Å². The van der Waals surface area contributed by atoms with Crippen LogP contribution in [0.3, 0.4) is 0 Å². The minimum atomic E-state index is -0.586. The maximum absolute atomic E-state index is 13.0. The quantitative estimate of drug-likeness (QED) is 0.447. The number of pyridine rings is 1. The standard InChI is InChI=1S/C24H21N5O2/c1-14-10-11-18(12-15(14)2)28-21-20(23(30)27(4)24(31)25-21)13-19-16(3)26-29(22(19)28)17-8-6-5-7-9-17/h5-13H,1-4H3. The van der Waals surface area contributed by atoms with E-state index in [9.17, 15) is 9.59 Å². The first-order chi connectivity index (χ1) is 14.9. The van der Waals surface area contributed by atoms with E-state index >= 15 is 0 Å². The van der Waals surface area contributed by atoms with E-state index in [1.165, 1.54) is 7.05 Å². The maximum atomic E-state index is 13.0. The Labute approximate surface area is 178 Å². The van der Waals surface area contributed by atoms with Crippen LogP contribution in [-0.2, 0) is 7.05 Å². The van der Waals surface area contributed by atoms with Crippen molar-refractivity contribution in [1.29, 1.82) is 0 Å².